The van der Waals surface area contributed by atoms with Crippen LogP contribution in [0.4, 0.5) is 0 Å². The van der Waals surface area contributed by atoms with Gasteiger partial charge >= 0.3 is 0 Å². The number of allylic oxidation sites excluding steroid dienone is 1. The summed E-state index contributed by atoms with van der Waals surface area (Å²) >= 11 is 2.20. The Morgan fingerprint density at radius 3 is 2.29 bits per heavy atom. The van der Waals surface area contributed by atoms with Crippen LogP contribution in [0, 0.1) is 0 Å². The lowest BCUT2D eigenvalue weighted by Gasteiger charge is -2.31. The molecule has 0 spiro atoms. The van der Waals surface area contributed by atoms with Crippen LogP contribution in [0.2, 0.25) is 0 Å². The van der Waals surface area contributed by atoms with E-state index in [1.54, 1.807) is 11.1 Å². The Morgan fingerprint density at radius 2 is 1.52 bits per heavy atom. The highest BCUT2D eigenvalue weighted by molar-refractivity contribution is 8.00. The molecule has 1 aliphatic heterocycles. The van der Waals surface area contributed by atoms with E-state index in [4.69, 9.17) is 0 Å². The van der Waals surface area contributed by atoms with Crippen molar-refractivity contribution in [1.29, 1.82) is 0 Å². The van der Waals surface area contributed by atoms with Crippen molar-refractivity contribution in [3.05, 3.63) is 77.4 Å². The molecular formula is C20H20S. The minimum atomic E-state index is 0.619. The maximum Gasteiger partial charge on any atom is 0.0343 e. The first kappa shape index (κ1) is 13.2. The minimum absolute atomic E-state index is 0.619. The van der Waals surface area contributed by atoms with Gasteiger partial charge in [-0.05, 0) is 42.4 Å². The van der Waals surface area contributed by atoms with Crippen LogP contribution in [0.5, 0.6) is 0 Å². The van der Waals surface area contributed by atoms with Crippen molar-refractivity contribution in [1.82, 2.24) is 0 Å². The molecule has 0 N–H and O–H groups in total. The Hall–Kier alpha value is -1.47. The van der Waals surface area contributed by atoms with Crippen molar-refractivity contribution in [3.63, 3.8) is 0 Å². The first-order valence-corrected chi connectivity index (χ1v) is 8.84. The molecular weight excluding hydrogens is 272 g/mol. The molecule has 1 heteroatoms. The third-order valence-corrected chi connectivity index (χ3v) is 6.32. The summed E-state index contributed by atoms with van der Waals surface area (Å²) in [5.74, 6) is 0. The predicted molar refractivity (Wildman–Crippen MR) is 92.4 cm³/mol. The van der Waals surface area contributed by atoms with Crippen molar-refractivity contribution in [2.24, 2.45) is 0 Å². The van der Waals surface area contributed by atoms with E-state index in [0.29, 0.717) is 5.25 Å². The Balaban J connectivity index is 1.73. The summed E-state index contributed by atoms with van der Waals surface area (Å²) in [6, 6.07) is 22.1. The molecule has 1 saturated carbocycles. The van der Waals surface area contributed by atoms with Crippen molar-refractivity contribution >= 4 is 17.3 Å². The summed E-state index contributed by atoms with van der Waals surface area (Å²) in [6.45, 7) is 0. The van der Waals surface area contributed by atoms with Gasteiger partial charge in [0.2, 0.25) is 0 Å². The topological polar surface area (TPSA) is 0 Å². The Bertz CT molecular complexity index is 642. The molecule has 1 heterocycles. The number of rotatable bonds is 2. The summed E-state index contributed by atoms with van der Waals surface area (Å²) < 4.78 is 0. The highest BCUT2D eigenvalue weighted by atomic mass is 32.2. The van der Waals surface area contributed by atoms with Crippen molar-refractivity contribution in [2.75, 3.05) is 0 Å². The molecule has 2 aliphatic rings. The molecule has 1 aliphatic carbocycles. The van der Waals surface area contributed by atoms with Gasteiger partial charge in [-0.25, -0.2) is 0 Å². The van der Waals surface area contributed by atoms with Crippen LogP contribution in [0.15, 0.2) is 66.2 Å². The predicted octanol–water partition coefficient (Wildman–Crippen LogP) is 5.87. The van der Waals surface area contributed by atoms with Crippen LogP contribution in [-0.4, -0.2) is 5.25 Å². The van der Waals surface area contributed by atoms with Gasteiger partial charge in [0.05, 0.1) is 0 Å². The molecule has 2 atom stereocenters. The molecule has 0 amide bonds. The first-order valence-electron chi connectivity index (χ1n) is 7.89. The quantitative estimate of drug-likeness (QED) is 0.667. The van der Waals surface area contributed by atoms with E-state index in [1.165, 1.54) is 36.8 Å². The molecule has 0 bridgehead atoms. The SMILES string of the molecule is c1ccc(C2=C3CCCC3SC(c3ccccc3)C2)cc1. The zero-order valence-corrected chi connectivity index (χ0v) is 13.0. The third kappa shape index (κ3) is 2.55. The second-order valence-electron chi connectivity index (χ2n) is 5.99. The average molecular weight is 292 g/mol. The van der Waals surface area contributed by atoms with Gasteiger partial charge in [0, 0.05) is 10.5 Å². The van der Waals surface area contributed by atoms with E-state index in [0.717, 1.165) is 5.25 Å². The molecule has 1 fully saturated rings. The van der Waals surface area contributed by atoms with Gasteiger partial charge in [-0.15, -0.1) is 11.8 Å². The first-order chi connectivity index (χ1) is 10.4. The minimum Gasteiger partial charge on any atom is -0.146 e. The van der Waals surface area contributed by atoms with E-state index in [1.807, 2.05) is 0 Å². The molecule has 0 saturated heterocycles. The third-order valence-electron chi connectivity index (χ3n) is 4.70. The van der Waals surface area contributed by atoms with Crippen LogP contribution in [0.25, 0.3) is 5.57 Å². The van der Waals surface area contributed by atoms with Gasteiger partial charge < -0.3 is 0 Å². The highest BCUT2D eigenvalue weighted by Gasteiger charge is 2.33. The molecule has 0 nitrogen and oxygen atoms in total. The average Bonchev–Trinajstić information content (AvgIpc) is 3.04. The van der Waals surface area contributed by atoms with Crippen LogP contribution < -0.4 is 0 Å². The lowest BCUT2D eigenvalue weighted by molar-refractivity contribution is 0.882. The highest BCUT2D eigenvalue weighted by Crippen LogP contribution is 2.53. The van der Waals surface area contributed by atoms with Gasteiger partial charge in [0.15, 0.2) is 0 Å². The molecule has 0 radical (unpaired) electrons. The summed E-state index contributed by atoms with van der Waals surface area (Å²) in [7, 11) is 0. The van der Waals surface area contributed by atoms with E-state index >= 15 is 0 Å². The van der Waals surface area contributed by atoms with Crippen LogP contribution in [0.3, 0.4) is 0 Å². The Labute approximate surface area is 131 Å². The van der Waals surface area contributed by atoms with Crippen molar-refractivity contribution in [2.45, 2.75) is 36.2 Å². The summed E-state index contributed by atoms with van der Waals surface area (Å²) in [5.41, 5.74) is 6.30. The van der Waals surface area contributed by atoms with Crippen LogP contribution in [0.1, 0.15) is 42.1 Å². The van der Waals surface area contributed by atoms with Crippen LogP contribution >= 0.6 is 11.8 Å². The van der Waals surface area contributed by atoms with Crippen molar-refractivity contribution in [3.8, 4) is 0 Å². The van der Waals surface area contributed by atoms with E-state index < -0.39 is 0 Å². The second-order valence-corrected chi connectivity index (χ2v) is 7.40. The van der Waals surface area contributed by atoms with E-state index in [-0.39, 0.29) is 0 Å². The van der Waals surface area contributed by atoms with Crippen molar-refractivity contribution < 1.29 is 0 Å². The molecule has 2 unspecified atom stereocenters. The zero-order chi connectivity index (χ0) is 14.1. The standard InChI is InChI=1S/C20H20S/c1-3-8-15(9-4-1)18-14-20(16-10-5-2-6-11-16)21-19-13-7-12-17(18)19/h1-6,8-11,19-20H,7,12-14H2. The number of thioether (sulfide) groups is 1. The van der Waals surface area contributed by atoms with Gasteiger partial charge in [0.1, 0.15) is 0 Å². The monoisotopic (exact) mass is 292 g/mol. The van der Waals surface area contributed by atoms with Crippen LogP contribution in [-0.2, 0) is 0 Å². The van der Waals surface area contributed by atoms with Gasteiger partial charge in [-0.3, -0.25) is 0 Å². The van der Waals surface area contributed by atoms with Gasteiger partial charge in [-0.1, -0.05) is 66.2 Å². The maximum atomic E-state index is 2.29. The fourth-order valence-electron chi connectivity index (χ4n) is 3.68. The van der Waals surface area contributed by atoms with E-state index in [9.17, 15) is 0 Å². The molecule has 2 aromatic rings. The van der Waals surface area contributed by atoms with Gasteiger partial charge in [-0.2, -0.15) is 0 Å². The number of fused-ring (bicyclic) bond motifs is 1. The lowest BCUT2D eigenvalue weighted by atomic mass is 9.92. The fourth-order valence-corrected chi connectivity index (χ4v) is 5.38. The molecule has 21 heavy (non-hydrogen) atoms. The molecule has 2 aromatic carbocycles. The fraction of sp³-hybridized carbons (Fsp3) is 0.300. The maximum absolute atomic E-state index is 2.29. The smallest absolute Gasteiger partial charge is 0.0343 e. The molecule has 106 valence electrons. The lowest BCUT2D eigenvalue weighted by Crippen LogP contribution is -2.13. The Kier molecular flexibility index (Phi) is 3.60. The van der Waals surface area contributed by atoms with Gasteiger partial charge in [0.25, 0.3) is 0 Å². The normalized spacial score (nSPS) is 25.0. The summed E-state index contributed by atoms with van der Waals surface area (Å²) in [5, 5.41) is 1.37. The number of hydrogen-bond donors (Lipinski definition) is 0. The Morgan fingerprint density at radius 1 is 0.810 bits per heavy atom. The zero-order valence-electron chi connectivity index (χ0n) is 12.2. The molecule has 0 aromatic heterocycles. The molecule has 4 rings (SSSR count). The summed E-state index contributed by atoms with van der Waals surface area (Å²) in [4.78, 5) is 0. The van der Waals surface area contributed by atoms with E-state index in [2.05, 4.69) is 72.4 Å². The number of hydrogen-bond acceptors (Lipinski definition) is 1. The summed E-state index contributed by atoms with van der Waals surface area (Å²) in [6.07, 6.45) is 5.22. The largest absolute Gasteiger partial charge is 0.146 e. The number of benzene rings is 2. The second kappa shape index (κ2) is 5.73.